The molecule has 1 aromatic rings. The minimum Gasteiger partial charge on any atom is -0.481 e. The van der Waals surface area contributed by atoms with Gasteiger partial charge in [-0.3, -0.25) is 4.79 Å². The summed E-state index contributed by atoms with van der Waals surface area (Å²) in [6.45, 7) is 1.93. The summed E-state index contributed by atoms with van der Waals surface area (Å²) in [4.78, 5) is 10.7. The van der Waals surface area contributed by atoms with Gasteiger partial charge in [-0.25, -0.2) is 0 Å². The van der Waals surface area contributed by atoms with Gasteiger partial charge in [-0.15, -0.1) is 0 Å². The number of rotatable bonds is 2. The van der Waals surface area contributed by atoms with E-state index in [1.807, 2.05) is 25.1 Å². The molecule has 0 amide bonds. The predicted molar refractivity (Wildman–Crippen MR) is 54.7 cm³/mol. The lowest BCUT2D eigenvalue weighted by Gasteiger charge is -2.02. The van der Waals surface area contributed by atoms with Crippen molar-refractivity contribution >= 4 is 17.6 Å². The fourth-order valence-corrected chi connectivity index (χ4v) is 1.85. The SMILES string of the molecule is Cc1cc([C@@H]2C[C@H]2C(=O)O)ccc1Cl. The first-order valence-electron chi connectivity index (χ1n) is 4.58. The van der Waals surface area contributed by atoms with Crippen LogP contribution in [0.2, 0.25) is 5.02 Å². The van der Waals surface area contributed by atoms with Crippen LogP contribution in [0, 0.1) is 12.8 Å². The molecular formula is C11H11ClO2. The highest BCUT2D eigenvalue weighted by Gasteiger charge is 2.44. The maximum atomic E-state index is 10.7. The maximum Gasteiger partial charge on any atom is 0.307 e. The van der Waals surface area contributed by atoms with E-state index in [0.29, 0.717) is 0 Å². The summed E-state index contributed by atoms with van der Waals surface area (Å²) in [7, 11) is 0. The lowest BCUT2D eigenvalue weighted by molar-refractivity contribution is -0.138. The van der Waals surface area contributed by atoms with Crippen molar-refractivity contribution in [2.24, 2.45) is 5.92 Å². The van der Waals surface area contributed by atoms with E-state index in [9.17, 15) is 4.79 Å². The van der Waals surface area contributed by atoms with Crippen LogP contribution >= 0.6 is 11.6 Å². The van der Waals surface area contributed by atoms with Crippen LogP contribution in [0.1, 0.15) is 23.5 Å². The van der Waals surface area contributed by atoms with E-state index in [-0.39, 0.29) is 11.8 Å². The van der Waals surface area contributed by atoms with Gasteiger partial charge in [0.25, 0.3) is 0 Å². The monoisotopic (exact) mass is 210 g/mol. The molecule has 2 nitrogen and oxygen atoms in total. The molecule has 1 aliphatic rings. The second-order valence-electron chi connectivity index (χ2n) is 3.80. The molecule has 0 heterocycles. The van der Waals surface area contributed by atoms with Crippen LogP contribution in [0.15, 0.2) is 18.2 Å². The second-order valence-corrected chi connectivity index (χ2v) is 4.20. The molecule has 1 aliphatic carbocycles. The van der Waals surface area contributed by atoms with Crippen LogP contribution in [0.4, 0.5) is 0 Å². The number of carbonyl (C=O) groups is 1. The highest BCUT2D eigenvalue weighted by Crippen LogP contribution is 2.47. The van der Waals surface area contributed by atoms with Gasteiger partial charge in [0.05, 0.1) is 5.92 Å². The Balaban J connectivity index is 2.20. The predicted octanol–water partition coefficient (Wildman–Crippen LogP) is 2.84. The third-order valence-corrected chi connectivity index (χ3v) is 3.14. The standard InChI is InChI=1S/C11H11ClO2/c1-6-4-7(2-3-10(6)12)8-5-9(8)11(13)14/h2-4,8-9H,5H2,1H3,(H,13,14)/t8-,9+/m0/s1. The van der Waals surface area contributed by atoms with E-state index in [1.165, 1.54) is 0 Å². The van der Waals surface area contributed by atoms with Crippen molar-refractivity contribution in [3.63, 3.8) is 0 Å². The van der Waals surface area contributed by atoms with Gasteiger partial charge >= 0.3 is 5.97 Å². The third-order valence-electron chi connectivity index (χ3n) is 2.72. The van der Waals surface area contributed by atoms with E-state index in [0.717, 1.165) is 22.6 Å². The van der Waals surface area contributed by atoms with Crippen molar-refractivity contribution in [2.75, 3.05) is 0 Å². The van der Waals surface area contributed by atoms with Crippen molar-refractivity contribution in [1.29, 1.82) is 0 Å². The van der Waals surface area contributed by atoms with Gasteiger partial charge in [0.1, 0.15) is 0 Å². The number of aryl methyl sites for hydroxylation is 1. The Bertz CT molecular complexity index is 387. The first kappa shape index (κ1) is 9.53. The maximum absolute atomic E-state index is 10.7. The lowest BCUT2D eigenvalue weighted by Crippen LogP contribution is -1.98. The van der Waals surface area contributed by atoms with Crippen LogP contribution in [-0.4, -0.2) is 11.1 Å². The van der Waals surface area contributed by atoms with Crippen molar-refractivity contribution in [3.05, 3.63) is 34.3 Å². The van der Waals surface area contributed by atoms with Crippen LogP contribution in [0.25, 0.3) is 0 Å². The van der Waals surface area contributed by atoms with E-state index >= 15 is 0 Å². The largest absolute Gasteiger partial charge is 0.481 e. The highest BCUT2D eigenvalue weighted by molar-refractivity contribution is 6.31. The van der Waals surface area contributed by atoms with Gasteiger partial charge in [0, 0.05) is 5.02 Å². The molecule has 0 aromatic heterocycles. The number of benzene rings is 1. The molecule has 0 saturated heterocycles. The Morgan fingerprint density at radius 2 is 2.29 bits per heavy atom. The number of carboxylic acid groups (broad SMARTS) is 1. The Kier molecular flexibility index (Phi) is 2.23. The molecule has 0 spiro atoms. The normalized spacial score (nSPS) is 24.7. The number of carboxylic acids is 1. The highest BCUT2D eigenvalue weighted by atomic mass is 35.5. The smallest absolute Gasteiger partial charge is 0.307 e. The van der Waals surface area contributed by atoms with Crippen LogP contribution < -0.4 is 0 Å². The average Bonchev–Trinajstić information content (AvgIpc) is 2.89. The molecule has 1 fully saturated rings. The molecule has 1 aromatic carbocycles. The van der Waals surface area contributed by atoms with Crippen LogP contribution in [0.3, 0.4) is 0 Å². The van der Waals surface area contributed by atoms with E-state index in [1.54, 1.807) is 0 Å². The molecule has 3 heteroatoms. The summed E-state index contributed by atoms with van der Waals surface area (Å²) in [5.74, 6) is -0.679. The average molecular weight is 211 g/mol. The van der Waals surface area contributed by atoms with Crippen molar-refractivity contribution in [1.82, 2.24) is 0 Å². The van der Waals surface area contributed by atoms with Crippen molar-refractivity contribution in [2.45, 2.75) is 19.3 Å². The minimum atomic E-state index is -0.692. The molecule has 0 bridgehead atoms. The quantitative estimate of drug-likeness (QED) is 0.815. The Morgan fingerprint density at radius 3 is 2.79 bits per heavy atom. The number of hydrogen-bond donors (Lipinski definition) is 1. The molecule has 0 radical (unpaired) electrons. The zero-order valence-corrected chi connectivity index (χ0v) is 8.58. The number of aliphatic carboxylic acids is 1. The Morgan fingerprint density at radius 1 is 1.57 bits per heavy atom. The summed E-state index contributed by atoms with van der Waals surface area (Å²) < 4.78 is 0. The summed E-state index contributed by atoms with van der Waals surface area (Å²) in [5, 5.41) is 9.52. The second kappa shape index (κ2) is 3.28. The van der Waals surface area contributed by atoms with Gasteiger partial charge in [-0.05, 0) is 36.5 Å². The molecule has 1 saturated carbocycles. The zero-order valence-electron chi connectivity index (χ0n) is 7.83. The molecule has 0 unspecified atom stereocenters. The molecule has 14 heavy (non-hydrogen) atoms. The van der Waals surface area contributed by atoms with Gasteiger partial charge in [-0.2, -0.15) is 0 Å². The number of halogens is 1. The third kappa shape index (κ3) is 1.62. The first-order valence-corrected chi connectivity index (χ1v) is 4.96. The minimum absolute atomic E-state index is 0.185. The molecule has 2 atom stereocenters. The van der Waals surface area contributed by atoms with E-state index in [4.69, 9.17) is 16.7 Å². The molecule has 74 valence electrons. The van der Waals surface area contributed by atoms with Gasteiger partial charge < -0.3 is 5.11 Å². The molecule has 2 rings (SSSR count). The first-order chi connectivity index (χ1) is 6.59. The van der Waals surface area contributed by atoms with E-state index < -0.39 is 5.97 Å². The fraction of sp³-hybridized carbons (Fsp3) is 0.364. The van der Waals surface area contributed by atoms with Crippen molar-refractivity contribution < 1.29 is 9.90 Å². The summed E-state index contributed by atoms with van der Waals surface area (Å²) in [6.07, 6.45) is 0.760. The Labute approximate surface area is 87.5 Å². The summed E-state index contributed by atoms with van der Waals surface area (Å²) in [6, 6.07) is 5.74. The number of hydrogen-bond acceptors (Lipinski definition) is 1. The Hall–Kier alpha value is -1.02. The molecule has 1 N–H and O–H groups in total. The van der Waals surface area contributed by atoms with Crippen LogP contribution in [-0.2, 0) is 4.79 Å². The lowest BCUT2D eigenvalue weighted by atomic mass is 10.1. The zero-order chi connectivity index (χ0) is 10.3. The molecule has 0 aliphatic heterocycles. The van der Waals surface area contributed by atoms with Gasteiger partial charge in [0.15, 0.2) is 0 Å². The van der Waals surface area contributed by atoms with Crippen LogP contribution in [0.5, 0.6) is 0 Å². The van der Waals surface area contributed by atoms with Crippen molar-refractivity contribution in [3.8, 4) is 0 Å². The van der Waals surface area contributed by atoms with Gasteiger partial charge in [0.2, 0.25) is 0 Å². The van der Waals surface area contributed by atoms with Gasteiger partial charge in [-0.1, -0.05) is 23.7 Å². The summed E-state index contributed by atoms with van der Waals surface area (Å²) in [5.41, 5.74) is 2.11. The van der Waals surface area contributed by atoms with E-state index in [2.05, 4.69) is 0 Å². The topological polar surface area (TPSA) is 37.3 Å². The summed E-state index contributed by atoms with van der Waals surface area (Å²) >= 11 is 5.89. The molecular weight excluding hydrogens is 200 g/mol. The fourth-order valence-electron chi connectivity index (χ4n) is 1.73.